The summed E-state index contributed by atoms with van der Waals surface area (Å²) in [5.41, 5.74) is 6.33. The average Bonchev–Trinajstić information content (AvgIpc) is 2.36. The summed E-state index contributed by atoms with van der Waals surface area (Å²) in [5.74, 6) is 1.11. The Balaban J connectivity index is 1.94. The lowest BCUT2D eigenvalue weighted by Crippen LogP contribution is -2.37. The molecule has 1 aliphatic carbocycles. The Kier molecular flexibility index (Phi) is 5.78. The number of aliphatic imine (C=N–C) groups is 1. The largest absolute Gasteiger partial charge is 0.434 e. The number of hydrogen-bond donors (Lipinski definition) is 2. The maximum atomic E-state index is 12.3. The van der Waals surface area contributed by atoms with Crippen LogP contribution in [0.3, 0.4) is 0 Å². The highest BCUT2D eigenvalue weighted by molar-refractivity contribution is 9.10. The van der Waals surface area contributed by atoms with Gasteiger partial charge in [-0.2, -0.15) is 8.78 Å². The molecule has 1 saturated carbocycles. The summed E-state index contributed by atoms with van der Waals surface area (Å²) in [6, 6.07) is 4.82. The van der Waals surface area contributed by atoms with Gasteiger partial charge in [0.25, 0.3) is 0 Å². The number of rotatable bonds is 6. The normalized spacial score (nSPS) is 15.9. The molecule has 1 aromatic rings. The Hall–Kier alpha value is -1.37. The van der Waals surface area contributed by atoms with E-state index in [1.807, 2.05) is 0 Å². The van der Waals surface area contributed by atoms with Crippen LogP contribution in [0.4, 0.5) is 8.78 Å². The van der Waals surface area contributed by atoms with Crippen molar-refractivity contribution >= 4 is 21.9 Å². The van der Waals surface area contributed by atoms with Gasteiger partial charge in [-0.3, -0.25) is 0 Å². The van der Waals surface area contributed by atoms with Crippen LogP contribution in [0, 0.1) is 5.92 Å². The Morgan fingerprint density at radius 2 is 2.24 bits per heavy atom. The molecule has 2 rings (SSSR count). The zero-order valence-electron chi connectivity index (χ0n) is 11.5. The molecule has 21 heavy (non-hydrogen) atoms. The summed E-state index contributed by atoms with van der Waals surface area (Å²) in [4.78, 5) is 4.17. The van der Waals surface area contributed by atoms with E-state index in [1.165, 1.54) is 25.3 Å². The van der Waals surface area contributed by atoms with Gasteiger partial charge in [0.2, 0.25) is 0 Å². The van der Waals surface area contributed by atoms with E-state index >= 15 is 0 Å². The van der Waals surface area contributed by atoms with Crippen molar-refractivity contribution < 1.29 is 13.5 Å². The van der Waals surface area contributed by atoms with Crippen molar-refractivity contribution in [2.75, 3.05) is 6.54 Å². The molecule has 0 saturated heterocycles. The van der Waals surface area contributed by atoms with Gasteiger partial charge >= 0.3 is 6.61 Å². The summed E-state index contributed by atoms with van der Waals surface area (Å²) in [5, 5.41) is 3.06. The summed E-state index contributed by atoms with van der Waals surface area (Å²) in [6.07, 6.45) is 3.71. The molecule has 0 spiro atoms. The zero-order valence-corrected chi connectivity index (χ0v) is 13.1. The first-order valence-electron chi connectivity index (χ1n) is 6.81. The zero-order chi connectivity index (χ0) is 15.2. The molecule has 4 nitrogen and oxygen atoms in total. The van der Waals surface area contributed by atoms with Crippen LogP contribution >= 0.6 is 15.9 Å². The van der Waals surface area contributed by atoms with Gasteiger partial charge in [0.05, 0.1) is 6.54 Å². The van der Waals surface area contributed by atoms with Crippen LogP contribution in [0.1, 0.15) is 24.8 Å². The van der Waals surface area contributed by atoms with E-state index in [-0.39, 0.29) is 12.3 Å². The molecule has 0 radical (unpaired) electrons. The van der Waals surface area contributed by atoms with Crippen LogP contribution in [-0.2, 0) is 6.54 Å². The minimum Gasteiger partial charge on any atom is -0.434 e. The van der Waals surface area contributed by atoms with E-state index in [0.29, 0.717) is 17.4 Å². The van der Waals surface area contributed by atoms with Gasteiger partial charge in [-0.05, 0) is 37.0 Å². The second-order valence-corrected chi connectivity index (χ2v) is 5.93. The molecule has 1 aromatic carbocycles. The average molecular weight is 362 g/mol. The van der Waals surface area contributed by atoms with Gasteiger partial charge in [-0.1, -0.05) is 22.4 Å². The molecule has 0 aliphatic heterocycles. The molecule has 7 heteroatoms. The quantitative estimate of drug-likeness (QED) is 0.603. The maximum absolute atomic E-state index is 12.3. The van der Waals surface area contributed by atoms with E-state index in [0.717, 1.165) is 11.0 Å². The minimum absolute atomic E-state index is 0.115. The number of alkyl halides is 2. The predicted molar refractivity (Wildman–Crippen MR) is 81.4 cm³/mol. The van der Waals surface area contributed by atoms with E-state index in [1.54, 1.807) is 12.1 Å². The minimum atomic E-state index is -2.86. The number of ether oxygens (including phenoxy) is 1. The fourth-order valence-corrected chi connectivity index (χ4v) is 2.46. The second kappa shape index (κ2) is 7.59. The molecular formula is C14H18BrF2N3O. The number of nitrogens with zero attached hydrogens (tertiary/aromatic N) is 1. The molecule has 0 heterocycles. The second-order valence-electron chi connectivity index (χ2n) is 5.01. The Labute approximate surface area is 130 Å². The Bertz CT molecular complexity index is 507. The van der Waals surface area contributed by atoms with Crippen molar-refractivity contribution in [1.29, 1.82) is 0 Å². The molecule has 0 amide bonds. The van der Waals surface area contributed by atoms with E-state index < -0.39 is 6.61 Å². The summed E-state index contributed by atoms with van der Waals surface area (Å²) in [6.45, 7) is -1.86. The van der Waals surface area contributed by atoms with Crippen LogP contribution < -0.4 is 15.8 Å². The molecule has 1 aliphatic rings. The van der Waals surface area contributed by atoms with Crippen molar-refractivity contribution in [1.82, 2.24) is 5.32 Å². The SMILES string of the molecule is NC(=NCc1cc(Br)ccc1OC(F)F)NCC1CCC1. The standard InChI is InChI=1S/C14H18BrF2N3O/c15-11-4-5-12(21-13(16)17)10(6-11)8-20-14(18)19-7-9-2-1-3-9/h4-6,9,13H,1-3,7-8H2,(H3,18,19,20). The van der Waals surface area contributed by atoms with Crippen molar-refractivity contribution in [2.45, 2.75) is 32.4 Å². The number of hydrogen-bond acceptors (Lipinski definition) is 2. The molecule has 1 fully saturated rings. The van der Waals surface area contributed by atoms with Crippen LogP contribution in [0.15, 0.2) is 27.7 Å². The lowest BCUT2D eigenvalue weighted by Gasteiger charge is -2.25. The predicted octanol–water partition coefficient (Wildman–Crippen LogP) is 3.25. The summed E-state index contributed by atoms with van der Waals surface area (Å²) >= 11 is 3.30. The first-order chi connectivity index (χ1) is 10.0. The third kappa shape index (κ3) is 5.15. The van der Waals surface area contributed by atoms with Gasteiger partial charge in [0.15, 0.2) is 5.96 Å². The number of guanidine groups is 1. The first-order valence-corrected chi connectivity index (χ1v) is 7.61. The molecule has 0 unspecified atom stereocenters. The first kappa shape index (κ1) is 16.0. The monoisotopic (exact) mass is 361 g/mol. The van der Waals surface area contributed by atoms with Crippen molar-refractivity contribution in [3.63, 3.8) is 0 Å². The smallest absolute Gasteiger partial charge is 0.387 e. The fraction of sp³-hybridized carbons (Fsp3) is 0.500. The molecule has 0 atom stereocenters. The van der Waals surface area contributed by atoms with Gasteiger partial charge in [-0.15, -0.1) is 0 Å². The maximum Gasteiger partial charge on any atom is 0.387 e. The summed E-state index contributed by atoms with van der Waals surface area (Å²) < 4.78 is 29.9. The van der Waals surface area contributed by atoms with Crippen molar-refractivity contribution in [2.24, 2.45) is 16.6 Å². The van der Waals surface area contributed by atoms with Gasteiger partial charge in [0.1, 0.15) is 5.75 Å². The van der Waals surface area contributed by atoms with E-state index in [9.17, 15) is 8.78 Å². The highest BCUT2D eigenvalue weighted by Gasteiger charge is 2.16. The Morgan fingerprint density at radius 3 is 2.86 bits per heavy atom. The number of halogens is 3. The number of nitrogens with two attached hydrogens (primary N) is 1. The Morgan fingerprint density at radius 1 is 1.48 bits per heavy atom. The molecule has 116 valence electrons. The molecule has 0 bridgehead atoms. The van der Waals surface area contributed by atoms with Gasteiger partial charge < -0.3 is 15.8 Å². The van der Waals surface area contributed by atoms with Crippen LogP contribution in [-0.4, -0.2) is 19.1 Å². The van der Waals surface area contributed by atoms with Gasteiger partial charge in [0, 0.05) is 16.6 Å². The highest BCUT2D eigenvalue weighted by atomic mass is 79.9. The lowest BCUT2D eigenvalue weighted by atomic mass is 9.85. The third-order valence-electron chi connectivity index (χ3n) is 3.45. The summed E-state index contributed by atoms with van der Waals surface area (Å²) in [7, 11) is 0. The van der Waals surface area contributed by atoms with Gasteiger partial charge in [-0.25, -0.2) is 4.99 Å². The topological polar surface area (TPSA) is 59.6 Å². The number of benzene rings is 1. The van der Waals surface area contributed by atoms with E-state index in [4.69, 9.17) is 5.73 Å². The van der Waals surface area contributed by atoms with Crippen LogP contribution in [0.2, 0.25) is 0 Å². The lowest BCUT2D eigenvalue weighted by molar-refractivity contribution is -0.0504. The third-order valence-corrected chi connectivity index (χ3v) is 3.95. The van der Waals surface area contributed by atoms with Crippen LogP contribution in [0.25, 0.3) is 0 Å². The van der Waals surface area contributed by atoms with Crippen molar-refractivity contribution in [3.8, 4) is 5.75 Å². The highest BCUT2D eigenvalue weighted by Crippen LogP contribution is 2.26. The number of nitrogens with one attached hydrogen (secondary N) is 1. The molecule has 3 N–H and O–H groups in total. The molecular weight excluding hydrogens is 344 g/mol. The molecule has 0 aromatic heterocycles. The van der Waals surface area contributed by atoms with Crippen molar-refractivity contribution in [3.05, 3.63) is 28.2 Å². The van der Waals surface area contributed by atoms with E-state index in [2.05, 4.69) is 31.0 Å². The fourth-order valence-electron chi connectivity index (χ4n) is 2.05. The van der Waals surface area contributed by atoms with Crippen LogP contribution in [0.5, 0.6) is 5.75 Å².